The van der Waals surface area contributed by atoms with Gasteiger partial charge in [0.25, 0.3) is 0 Å². The molecule has 9 heteroatoms. The molecule has 1 aliphatic heterocycles. The fraction of sp³-hybridized carbons (Fsp3) is 0.400. The number of halogens is 1. The van der Waals surface area contributed by atoms with Gasteiger partial charge in [0.15, 0.2) is 4.67 Å². The first-order chi connectivity index (χ1) is 11.5. The minimum absolute atomic E-state index is 0.00691. The Labute approximate surface area is 146 Å². The van der Waals surface area contributed by atoms with Gasteiger partial charge in [-0.15, -0.1) is 0 Å². The summed E-state index contributed by atoms with van der Waals surface area (Å²) in [6.45, 7) is 3.41. The normalized spacial score (nSPS) is 17.1. The zero-order chi connectivity index (χ0) is 17.7. The van der Waals surface area contributed by atoms with E-state index in [9.17, 15) is 14.4 Å². The third-order valence-electron chi connectivity index (χ3n) is 3.27. The van der Waals surface area contributed by atoms with Crippen LogP contribution < -0.4 is 10.6 Å². The average molecular weight is 401 g/mol. The van der Waals surface area contributed by atoms with Crippen molar-refractivity contribution >= 4 is 33.9 Å². The Hall–Kier alpha value is -2.29. The van der Waals surface area contributed by atoms with Gasteiger partial charge in [0.2, 0.25) is 5.76 Å². The van der Waals surface area contributed by atoms with Gasteiger partial charge < -0.3 is 24.5 Å². The van der Waals surface area contributed by atoms with Gasteiger partial charge in [0.05, 0.1) is 23.9 Å². The second-order valence-corrected chi connectivity index (χ2v) is 5.63. The van der Waals surface area contributed by atoms with E-state index in [-0.39, 0.29) is 30.2 Å². The Bertz CT molecular complexity index is 681. The maximum absolute atomic E-state index is 12.2. The highest BCUT2D eigenvalue weighted by Crippen LogP contribution is 2.19. The molecule has 130 valence electrons. The molecule has 24 heavy (non-hydrogen) atoms. The van der Waals surface area contributed by atoms with E-state index in [2.05, 4.69) is 26.6 Å². The molecule has 0 aliphatic carbocycles. The van der Waals surface area contributed by atoms with Crippen LogP contribution in [0.3, 0.4) is 0 Å². The van der Waals surface area contributed by atoms with Crippen LogP contribution in [0.15, 0.2) is 32.5 Å². The van der Waals surface area contributed by atoms with Gasteiger partial charge in [-0.05, 0) is 41.4 Å². The summed E-state index contributed by atoms with van der Waals surface area (Å²) in [6, 6.07) is 2.02. The van der Waals surface area contributed by atoms with E-state index in [1.807, 2.05) is 6.92 Å². The number of urea groups is 1. The van der Waals surface area contributed by atoms with E-state index in [4.69, 9.17) is 13.9 Å². The second-order valence-electron chi connectivity index (χ2n) is 4.85. The molecule has 0 fully saturated rings. The minimum atomic E-state index is -0.711. The molecule has 0 aromatic carbocycles. The van der Waals surface area contributed by atoms with E-state index in [0.717, 1.165) is 0 Å². The van der Waals surface area contributed by atoms with Crippen LogP contribution >= 0.6 is 15.9 Å². The highest BCUT2D eigenvalue weighted by molar-refractivity contribution is 9.10. The summed E-state index contributed by atoms with van der Waals surface area (Å²) >= 11 is 3.09. The molecule has 0 radical (unpaired) electrons. The quantitative estimate of drug-likeness (QED) is 0.708. The highest BCUT2D eigenvalue weighted by atomic mass is 79.9. The molecule has 2 amide bonds. The van der Waals surface area contributed by atoms with Crippen LogP contribution in [-0.2, 0) is 14.3 Å². The molecule has 0 spiro atoms. The molecule has 8 nitrogen and oxygen atoms in total. The van der Waals surface area contributed by atoms with Gasteiger partial charge >= 0.3 is 18.0 Å². The second kappa shape index (κ2) is 8.00. The number of rotatable bonds is 6. The van der Waals surface area contributed by atoms with E-state index in [1.54, 1.807) is 13.0 Å². The van der Waals surface area contributed by atoms with Crippen molar-refractivity contribution in [3.63, 3.8) is 0 Å². The van der Waals surface area contributed by atoms with Crippen molar-refractivity contribution in [1.29, 1.82) is 0 Å². The number of nitrogens with one attached hydrogen (secondary N) is 2. The zero-order valence-electron chi connectivity index (χ0n) is 13.2. The van der Waals surface area contributed by atoms with Crippen molar-refractivity contribution in [2.75, 3.05) is 13.2 Å². The average Bonchev–Trinajstić information content (AvgIpc) is 2.98. The van der Waals surface area contributed by atoms with Crippen LogP contribution in [0, 0.1) is 0 Å². The minimum Gasteiger partial charge on any atom is -0.463 e. The van der Waals surface area contributed by atoms with Crippen molar-refractivity contribution in [1.82, 2.24) is 10.6 Å². The molecule has 1 aromatic rings. The van der Waals surface area contributed by atoms with Crippen LogP contribution in [0.2, 0.25) is 0 Å². The monoisotopic (exact) mass is 400 g/mol. The first-order valence-corrected chi connectivity index (χ1v) is 8.15. The van der Waals surface area contributed by atoms with Gasteiger partial charge in [0, 0.05) is 0 Å². The number of amides is 2. The fourth-order valence-corrected chi connectivity index (χ4v) is 2.51. The summed E-state index contributed by atoms with van der Waals surface area (Å²) in [5.74, 6) is -1.27. The van der Waals surface area contributed by atoms with Crippen molar-refractivity contribution in [3.05, 3.63) is 33.8 Å². The van der Waals surface area contributed by atoms with Crippen molar-refractivity contribution in [2.24, 2.45) is 0 Å². The van der Waals surface area contributed by atoms with Gasteiger partial charge in [-0.1, -0.05) is 6.92 Å². The number of carbonyl (C=O) groups is 3. The zero-order valence-corrected chi connectivity index (χ0v) is 14.8. The van der Waals surface area contributed by atoms with E-state index in [0.29, 0.717) is 11.1 Å². The fourth-order valence-electron chi connectivity index (χ4n) is 2.21. The molecule has 1 aromatic heterocycles. The molecular weight excluding hydrogens is 384 g/mol. The molecule has 1 atom stereocenters. The molecule has 0 saturated heterocycles. The smallest absolute Gasteiger partial charge is 0.374 e. The van der Waals surface area contributed by atoms with Crippen LogP contribution in [0.25, 0.3) is 0 Å². The highest BCUT2D eigenvalue weighted by Gasteiger charge is 2.32. The SMILES string of the molecule is CCOC(=O)C1=C(COC(=O)c2ccc(Br)o2)NC(=O)N[C@@H]1CC. The van der Waals surface area contributed by atoms with Gasteiger partial charge in [-0.25, -0.2) is 14.4 Å². The predicted octanol–water partition coefficient (Wildman–Crippen LogP) is 2.11. The standard InChI is InChI=1S/C15H17BrN2O6/c1-3-8-12(14(20)22-4-2)9(18-15(21)17-8)7-23-13(19)10-5-6-11(16)24-10/h5-6,8H,3-4,7H2,1-2H3,(H2,17,18,21)/t8-/m1/s1. The van der Waals surface area contributed by atoms with Gasteiger partial charge in [-0.3, -0.25) is 0 Å². The largest absolute Gasteiger partial charge is 0.463 e. The lowest BCUT2D eigenvalue weighted by atomic mass is 10.0. The van der Waals surface area contributed by atoms with Crippen LogP contribution in [0.4, 0.5) is 4.79 Å². The molecule has 2 heterocycles. The Kier molecular flexibility index (Phi) is 6.02. The lowest BCUT2D eigenvalue weighted by Crippen LogP contribution is -2.51. The summed E-state index contributed by atoms with van der Waals surface area (Å²) in [4.78, 5) is 35.8. The maximum atomic E-state index is 12.2. The molecule has 2 rings (SSSR count). The summed E-state index contributed by atoms with van der Waals surface area (Å²) in [7, 11) is 0. The Balaban J connectivity index is 2.19. The number of carbonyl (C=O) groups excluding carboxylic acids is 3. The summed E-state index contributed by atoms with van der Waals surface area (Å²) in [5.41, 5.74) is 0.440. The Morgan fingerprint density at radius 2 is 2.00 bits per heavy atom. The lowest BCUT2D eigenvalue weighted by molar-refractivity contribution is -0.139. The van der Waals surface area contributed by atoms with Crippen molar-refractivity contribution in [2.45, 2.75) is 26.3 Å². The summed E-state index contributed by atoms with van der Waals surface area (Å²) in [6.07, 6.45) is 0.490. The van der Waals surface area contributed by atoms with E-state index in [1.165, 1.54) is 6.07 Å². The molecular formula is C15H17BrN2O6. The Morgan fingerprint density at radius 1 is 1.25 bits per heavy atom. The third-order valence-corrected chi connectivity index (χ3v) is 3.70. The van der Waals surface area contributed by atoms with Crippen LogP contribution in [0.5, 0.6) is 0 Å². The number of hydrogen-bond acceptors (Lipinski definition) is 6. The van der Waals surface area contributed by atoms with Crippen LogP contribution in [0.1, 0.15) is 30.8 Å². The van der Waals surface area contributed by atoms with Crippen LogP contribution in [-0.4, -0.2) is 37.2 Å². The first-order valence-electron chi connectivity index (χ1n) is 7.36. The number of hydrogen-bond donors (Lipinski definition) is 2. The number of furan rings is 1. The summed E-state index contributed by atoms with van der Waals surface area (Å²) in [5, 5.41) is 5.13. The maximum Gasteiger partial charge on any atom is 0.374 e. The van der Waals surface area contributed by atoms with Crippen molar-refractivity contribution in [3.8, 4) is 0 Å². The summed E-state index contributed by atoms with van der Waals surface area (Å²) < 4.78 is 15.6. The first kappa shape index (κ1) is 18.1. The van der Waals surface area contributed by atoms with Gasteiger partial charge in [0.1, 0.15) is 6.61 Å². The Morgan fingerprint density at radius 3 is 2.58 bits per heavy atom. The molecule has 1 aliphatic rings. The lowest BCUT2D eigenvalue weighted by Gasteiger charge is -2.28. The number of ether oxygens (including phenoxy) is 2. The van der Waals surface area contributed by atoms with E-state index < -0.39 is 24.0 Å². The number of esters is 2. The predicted molar refractivity (Wildman–Crippen MR) is 86.1 cm³/mol. The van der Waals surface area contributed by atoms with Crippen molar-refractivity contribution < 1.29 is 28.3 Å². The third kappa shape index (κ3) is 4.16. The topological polar surface area (TPSA) is 107 Å². The van der Waals surface area contributed by atoms with E-state index >= 15 is 0 Å². The molecule has 0 saturated carbocycles. The van der Waals surface area contributed by atoms with Gasteiger partial charge in [-0.2, -0.15) is 0 Å². The molecule has 2 N–H and O–H groups in total. The molecule has 0 bridgehead atoms. The molecule has 0 unspecified atom stereocenters.